The van der Waals surface area contributed by atoms with Crippen LogP contribution in [0.15, 0.2) is 97.3 Å². The highest BCUT2D eigenvalue weighted by molar-refractivity contribution is 6.06. The van der Waals surface area contributed by atoms with Gasteiger partial charge >= 0.3 is 0 Å². The Labute approximate surface area is 219 Å². The van der Waals surface area contributed by atoms with Gasteiger partial charge in [-0.2, -0.15) is 0 Å². The highest BCUT2D eigenvalue weighted by Crippen LogP contribution is 2.32. The molecule has 3 aromatic carbocycles. The van der Waals surface area contributed by atoms with E-state index in [1.807, 2.05) is 24.3 Å². The monoisotopic (exact) mass is 493 g/mol. The number of piperidine rings is 1. The summed E-state index contributed by atoms with van der Waals surface area (Å²) in [7, 11) is 1.58. The summed E-state index contributed by atoms with van der Waals surface area (Å²) in [5.41, 5.74) is 5.10. The second kappa shape index (κ2) is 11.4. The summed E-state index contributed by atoms with van der Waals surface area (Å²) in [6, 6.07) is 28.2. The maximum atomic E-state index is 12.8. The number of nitrogens with one attached hydrogen (secondary N) is 1. The van der Waals surface area contributed by atoms with Crippen LogP contribution in [0.5, 0.6) is 5.75 Å². The minimum Gasteiger partial charge on any atom is -0.496 e. The van der Waals surface area contributed by atoms with Crippen molar-refractivity contribution in [1.29, 1.82) is 0 Å². The van der Waals surface area contributed by atoms with Crippen molar-refractivity contribution in [1.82, 2.24) is 4.57 Å². The summed E-state index contributed by atoms with van der Waals surface area (Å²) in [5.74, 6) is 1.67. The van der Waals surface area contributed by atoms with E-state index < -0.39 is 0 Å². The molecular formula is C32H35N3O2. The van der Waals surface area contributed by atoms with Gasteiger partial charge in [0.1, 0.15) is 5.75 Å². The molecule has 1 amide bonds. The van der Waals surface area contributed by atoms with E-state index in [-0.39, 0.29) is 5.91 Å². The van der Waals surface area contributed by atoms with Gasteiger partial charge in [0.2, 0.25) is 0 Å². The van der Waals surface area contributed by atoms with Crippen LogP contribution in [0.4, 0.5) is 11.4 Å². The summed E-state index contributed by atoms with van der Waals surface area (Å²) < 4.78 is 7.56. The van der Waals surface area contributed by atoms with Gasteiger partial charge in [-0.3, -0.25) is 4.79 Å². The Morgan fingerprint density at radius 1 is 0.946 bits per heavy atom. The maximum Gasteiger partial charge on any atom is 0.259 e. The molecule has 1 aromatic heterocycles. The standard InChI is InChI=1S/C32H35N3O2/c1-24(26-17-20-35(23-26)28-10-4-3-5-11-28)21-25-15-18-34(19-16-25)29-12-8-9-27(22-29)33-32(36)30-13-6-7-14-31(30)37-2/h3-14,17,20,22-25H,15-16,18-19,21H2,1-2H3,(H,33,36). The van der Waals surface area contributed by atoms with Crippen LogP contribution in [-0.2, 0) is 0 Å². The molecule has 1 aliphatic rings. The van der Waals surface area contributed by atoms with E-state index in [0.29, 0.717) is 17.2 Å². The molecule has 5 nitrogen and oxygen atoms in total. The van der Waals surface area contributed by atoms with Crippen LogP contribution in [0.2, 0.25) is 0 Å². The fourth-order valence-corrected chi connectivity index (χ4v) is 5.34. The van der Waals surface area contributed by atoms with Crippen LogP contribution in [0.3, 0.4) is 0 Å². The van der Waals surface area contributed by atoms with Gasteiger partial charge in [0.25, 0.3) is 5.91 Å². The van der Waals surface area contributed by atoms with Gasteiger partial charge in [-0.05, 0) is 85.2 Å². The summed E-state index contributed by atoms with van der Waals surface area (Å²) >= 11 is 0. The summed E-state index contributed by atoms with van der Waals surface area (Å²) in [5, 5.41) is 3.03. The highest BCUT2D eigenvalue weighted by atomic mass is 16.5. The number of anilines is 2. The van der Waals surface area contributed by atoms with E-state index in [4.69, 9.17) is 4.74 Å². The number of benzene rings is 3. The van der Waals surface area contributed by atoms with E-state index in [2.05, 4.69) is 82.6 Å². The van der Waals surface area contributed by atoms with Crippen molar-refractivity contribution in [3.8, 4) is 11.4 Å². The third-order valence-corrected chi connectivity index (χ3v) is 7.46. The Kier molecular flexibility index (Phi) is 7.59. The van der Waals surface area contributed by atoms with Gasteiger partial charge in [-0.15, -0.1) is 0 Å². The first-order chi connectivity index (χ1) is 18.1. The van der Waals surface area contributed by atoms with E-state index >= 15 is 0 Å². The van der Waals surface area contributed by atoms with Gasteiger partial charge < -0.3 is 19.5 Å². The summed E-state index contributed by atoms with van der Waals surface area (Å²) in [4.78, 5) is 15.3. The van der Waals surface area contributed by atoms with Gasteiger partial charge in [0.15, 0.2) is 0 Å². The van der Waals surface area contributed by atoms with E-state index in [0.717, 1.165) is 30.4 Å². The zero-order chi connectivity index (χ0) is 25.6. The number of aromatic nitrogens is 1. The van der Waals surface area contributed by atoms with Crippen LogP contribution in [0, 0.1) is 5.92 Å². The number of para-hydroxylation sites is 2. The molecule has 4 aromatic rings. The van der Waals surface area contributed by atoms with E-state index in [1.54, 1.807) is 19.2 Å². The Balaban J connectivity index is 1.16. The van der Waals surface area contributed by atoms with Crippen LogP contribution in [0.25, 0.3) is 5.69 Å². The first-order valence-corrected chi connectivity index (χ1v) is 13.1. The van der Waals surface area contributed by atoms with E-state index in [1.165, 1.54) is 30.5 Å². The Morgan fingerprint density at radius 2 is 1.68 bits per heavy atom. The fraction of sp³-hybridized carbons (Fsp3) is 0.281. The van der Waals surface area contributed by atoms with Crippen molar-refractivity contribution >= 4 is 17.3 Å². The molecule has 0 saturated carbocycles. The second-order valence-electron chi connectivity index (χ2n) is 9.96. The number of methoxy groups -OCH3 is 1. The molecular weight excluding hydrogens is 458 g/mol. The predicted molar refractivity (Wildman–Crippen MR) is 151 cm³/mol. The number of ether oxygens (including phenoxy) is 1. The molecule has 0 bridgehead atoms. The van der Waals surface area contributed by atoms with Crippen molar-refractivity contribution in [3.63, 3.8) is 0 Å². The van der Waals surface area contributed by atoms with Gasteiger partial charge in [-0.1, -0.05) is 43.3 Å². The summed E-state index contributed by atoms with van der Waals surface area (Å²) in [6.07, 6.45) is 8.02. The Morgan fingerprint density at radius 3 is 2.46 bits per heavy atom. The second-order valence-corrected chi connectivity index (χ2v) is 9.96. The summed E-state index contributed by atoms with van der Waals surface area (Å²) in [6.45, 7) is 4.42. The third-order valence-electron chi connectivity index (χ3n) is 7.46. The lowest BCUT2D eigenvalue weighted by Gasteiger charge is -2.34. The van der Waals surface area contributed by atoms with Crippen LogP contribution in [-0.4, -0.2) is 30.7 Å². The van der Waals surface area contributed by atoms with Crippen LogP contribution in [0.1, 0.15) is 48.0 Å². The number of amides is 1. The number of hydrogen-bond acceptors (Lipinski definition) is 3. The number of hydrogen-bond donors (Lipinski definition) is 1. The predicted octanol–water partition coefficient (Wildman–Crippen LogP) is 7.15. The topological polar surface area (TPSA) is 46.5 Å². The molecule has 1 N–H and O–H groups in total. The van der Waals surface area contributed by atoms with Crippen LogP contribution >= 0.6 is 0 Å². The minimum atomic E-state index is -0.164. The van der Waals surface area contributed by atoms with Crippen molar-refractivity contribution in [2.45, 2.75) is 32.1 Å². The molecule has 0 spiro atoms. The lowest BCUT2D eigenvalue weighted by Crippen LogP contribution is -2.34. The molecule has 1 aliphatic heterocycles. The van der Waals surface area contributed by atoms with Gasteiger partial charge in [-0.25, -0.2) is 0 Å². The van der Waals surface area contributed by atoms with Crippen LogP contribution < -0.4 is 15.0 Å². The zero-order valence-corrected chi connectivity index (χ0v) is 21.6. The largest absolute Gasteiger partial charge is 0.496 e. The molecule has 1 fully saturated rings. The Bertz CT molecular complexity index is 1320. The number of carbonyl (C=O) groups is 1. The molecule has 37 heavy (non-hydrogen) atoms. The zero-order valence-electron chi connectivity index (χ0n) is 21.6. The first kappa shape index (κ1) is 24.7. The first-order valence-electron chi connectivity index (χ1n) is 13.1. The molecule has 0 aliphatic carbocycles. The minimum absolute atomic E-state index is 0.164. The highest BCUT2D eigenvalue weighted by Gasteiger charge is 2.22. The molecule has 1 unspecified atom stereocenters. The number of rotatable bonds is 8. The smallest absolute Gasteiger partial charge is 0.259 e. The van der Waals surface area contributed by atoms with Crippen molar-refractivity contribution in [2.75, 3.05) is 30.4 Å². The van der Waals surface area contributed by atoms with Gasteiger partial charge in [0, 0.05) is 42.5 Å². The average Bonchev–Trinajstić information content (AvgIpc) is 3.45. The molecule has 2 heterocycles. The molecule has 5 rings (SSSR count). The van der Waals surface area contributed by atoms with E-state index in [9.17, 15) is 4.79 Å². The molecule has 5 heteroatoms. The maximum absolute atomic E-state index is 12.8. The Hall–Kier alpha value is -3.99. The van der Waals surface area contributed by atoms with Gasteiger partial charge in [0.05, 0.1) is 12.7 Å². The average molecular weight is 494 g/mol. The quantitative estimate of drug-likeness (QED) is 0.284. The normalized spacial score (nSPS) is 14.8. The van der Waals surface area contributed by atoms with Crippen molar-refractivity contribution in [3.05, 3.63) is 108 Å². The molecule has 190 valence electrons. The lowest BCUT2D eigenvalue weighted by atomic mass is 9.85. The lowest BCUT2D eigenvalue weighted by molar-refractivity contribution is 0.102. The van der Waals surface area contributed by atoms with Crippen molar-refractivity contribution < 1.29 is 9.53 Å². The number of nitrogens with zero attached hydrogens (tertiary/aromatic N) is 2. The molecule has 0 radical (unpaired) electrons. The molecule has 1 atom stereocenters. The fourth-order valence-electron chi connectivity index (χ4n) is 5.34. The number of carbonyl (C=O) groups excluding carboxylic acids is 1. The SMILES string of the molecule is COc1ccccc1C(=O)Nc1cccc(N2CCC(CC(C)c3ccn(-c4ccccc4)c3)CC2)c1. The van der Waals surface area contributed by atoms with Crippen molar-refractivity contribution in [2.24, 2.45) is 5.92 Å². The third kappa shape index (κ3) is 5.88. The molecule has 1 saturated heterocycles.